The van der Waals surface area contributed by atoms with Crippen molar-refractivity contribution in [1.82, 2.24) is 9.80 Å². The molecular formula is C40H76N2O10. The highest BCUT2D eigenvalue weighted by Gasteiger charge is 2.52. The summed E-state index contributed by atoms with van der Waals surface area (Å²) in [5, 5.41) is 35.9. The molecule has 0 bridgehead atoms. The molecule has 0 radical (unpaired) electrons. The molecule has 3 heterocycles. The van der Waals surface area contributed by atoms with Crippen molar-refractivity contribution in [3.05, 3.63) is 0 Å². The Morgan fingerprint density at radius 3 is 2.12 bits per heavy atom. The van der Waals surface area contributed by atoms with Gasteiger partial charge in [-0.15, -0.1) is 0 Å². The van der Waals surface area contributed by atoms with Crippen LogP contribution >= 0.6 is 0 Å². The van der Waals surface area contributed by atoms with Crippen LogP contribution in [0.5, 0.6) is 0 Å². The van der Waals surface area contributed by atoms with Crippen LogP contribution in [0.2, 0.25) is 0 Å². The van der Waals surface area contributed by atoms with Gasteiger partial charge in [0.05, 0.1) is 41.5 Å². The molecular weight excluding hydrogens is 668 g/mol. The Balaban J connectivity index is 2.17. The summed E-state index contributed by atoms with van der Waals surface area (Å²) in [5.41, 5.74) is -3.69. The Kier molecular flexibility index (Phi) is 15.6. The molecule has 3 saturated heterocycles. The van der Waals surface area contributed by atoms with Crippen LogP contribution in [-0.4, -0.2) is 144 Å². The lowest BCUT2D eigenvalue weighted by atomic mass is 9.77. The average molecular weight is 745 g/mol. The topological polar surface area (TPSA) is 140 Å². The Morgan fingerprint density at radius 2 is 1.56 bits per heavy atom. The smallest absolute Gasteiger partial charge is 0.311 e. The van der Waals surface area contributed by atoms with Crippen molar-refractivity contribution in [1.29, 1.82) is 0 Å². The van der Waals surface area contributed by atoms with Gasteiger partial charge in [0.1, 0.15) is 17.8 Å². The Labute approximate surface area is 315 Å². The Morgan fingerprint density at radius 1 is 0.942 bits per heavy atom. The normalized spacial score (nSPS) is 49.6. The second kappa shape index (κ2) is 17.9. The number of esters is 1. The number of methoxy groups -OCH3 is 1. The molecule has 0 amide bonds. The summed E-state index contributed by atoms with van der Waals surface area (Å²) >= 11 is 0. The van der Waals surface area contributed by atoms with E-state index in [9.17, 15) is 20.1 Å². The maximum atomic E-state index is 14.3. The Hall–Kier alpha value is -0.930. The predicted molar refractivity (Wildman–Crippen MR) is 200 cm³/mol. The number of cyclic esters (lactones) is 1. The fourth-order valence-corrected chi connectivity index (χ4v) is 9.24. The van der Waals surface area contributed by atoms with E-state index in [2.05, 4.69) is 39.8 Å². The molecule has 0 aromatic carbocycles. The number of aliphatic hydroxyl groups is 3. The number of ether oxygens (including phenoxy) is 6. The van der Waals surface area contributed by atoms with Gasteiger partial charge < -0.3 is 53.5 Å². The fourth-order valence-electron chi connectivity index (χ4n) is 9.24. The molecule has 3 aliphatic rings. The van der Waals surface area contributed by atoms with Gasteiger partial charge in [-0.05, 0) is 94.8 Å². The van der Waals surface area contributed by atoms with Crippen LogP contribution in [0.15, 0.2) is 0 Å². The van der Waals surface area contributed by atoms with Gasteiger partial charge in [-0.2, -0.15) is 0 Å². The summed E-state index contributed by atoms with van der Waals surface area (Å²) in [4.78, 5) is 18.5. The minimum absolute atomic E-state index is 0.0163. The molecule has 3 aliphatic heterocycles. The number of hydrogen-bond acceptors (Lipinski definition) is 12. The fraction of sp³-hybridized carbons (Fsp3) is 0.975. The molecule has 1 unspecified atom stereocenters. The van der Waals surface area contributed by atoms with Crippen LogP contribution in [-0.2, 0) is 33.2 Å². The third-order valence-electron chi connectivity index (χ3n) is 13.2. The largest absolute Gasteiger partial charge is 0.459 e. The maximum Gasteiger partial charge on any atom is 0.311 e. The molecule has 3 N–H and O–H groups in total. The van der Waals surface area contributed by atoms with E-state index in [1.165, 1.54) is 6.92 Å². The van der Waals surface area contributed by atoms with Crippen LogP contribution in [0, 0.1) is 29.6 Å². The zero-order valence-corrected chi connectivity index (χ0v) is 35.3. The van der Waals surface area contributed by atoms with Gasteiger partial charge in [-0.1, -0.05) is 34.6 Å². The van der Waals surface area contributed by atoms with Crippen molar-refractivity contribution in [3.63, 3.8) is 0 Å². The molecule has 52 heavy (non-hydrogen) atoms. The maximum absolute atomic E-state index is 14.3. The van der Waals surface area contributed by atoms with Crippen molar-refractivity contribution in [2.75, 3.05) is 34.8 Å². The zero-order chi connectivity index (χ0) is 39.7. The minimum atomic E-state index is -1.74. The molecule has 12 nitrogen and oxygen atoms in total. The monoisotopic (exact) mass is 745 g/mol. The molecule has 306 valence electrons. The highest BCUT2D eigenvalue weighted by molar-refractivity contribution is 5.73. The van der Waals surface area contributed by atoms with Crippen molar-refractivity contribution in [3.8, 4) is 0 Å². The van der Waals surface area contributed by atoms with Gasteiger partial charge in [0, 0.05) is 49.9 Å². The quantitative estimate of drug-likeness (QED) is 0.318. The van der Waals surface area contributed by atoms with E-state index < -0.39 is 77.6 Å². The summed E-state index contributed by atoms with van der Waals surface area (Å²) in [6, 6.07) is -0.286. The first-order valence-corrected chi connectivity index (χ1v) is 19.8. The van der Waals surface area contributed by atoms with Gasteiger partial charge in [0.15, 0.2) is 12.6 Å². The number of hydrogen-bond donors (Lipinski definition) is 3. The Bertz CT molecular complexity index is 1140. The van der Waals surface area contributed by atoms with E-state index in [1.54, 1.807) is 21.0 Å². The second-order valence-electron chi connectivity index (χ2n) is 17.9. The summed E-state index contributed by atoms with van der Waals surface area (Å²) in [6.45, 7) is 23.6. The lowest BCUT2D eigenvalue weighted by Gasteiger charge is -2.49. The molecule has 0 spiro atoms. The molecule has 0 saturated carbocycles. The van der Waals surface area contributed by atoms with Gasteiger partial charge >= 0.3 is 5.97 Å². The van der Waals surface area contributed by atoms with E-state index in [4.69, 9.17) is 28.4 Å². The zero-order valence-electron chi connectivity index (χ0n) is 35.3. The van der Waals surface area contributed by atoms with Crippen molar-refractivity contribution < 1.29 is 48.5 Å². The molecule has 12 heteroatoms. The number of carbonyl (C=O) groups excluding carboxylic acids is 1. The standard InChI is InChI=1S/C40H76N2O10/c1-17-31-40(12,46)34(43)28(8)42(15)21-22(2)19-38(10,45)35(52-37-24(4)30(41(13)14)18-23(3)48-37)25(5)33(26(6)36(44)50-31)51-32-20-39(11,47-16)27(7)29(9)49-32/h22-35,37,43,45-46H,17-21H2,1-16H3/t22-,23-,24?,25+,26-,27+,28-,29+,30+,31-,32+,33+,34-,35-,37+,38-,39-,40-/m1/s1. The van der Waals surface area contributed by atoms with Crippen molar-refractivity contribution in [2.24, 2.45) is 29.6 Å². The van der Waals surface area contributed by atoms with Crippen molar-refractivity contribution in [2.45, 2.75) is 187 Å². The molecule has 18 atom stereocenters. The van der Waals surface area contributed by atoms with Gasteiger partial charge in [0.2, 0.25) is 0 Å². The number of rotatable bonds is 7. The van der Waals surface area contributed by atoms with E-state index in [0.29, 0.717) is 19.4 Å². The molecule has 3 rings (SSSR count). The van der Waals surface area contributed by atoms with E-state index in [-0.39, 0.29) is 42.4 Å². The summed E-state index contributed by atoms with van der Waals surface area (Å²) in [6.07, 6.45) is -3.63. The van der Waals surface area contributed by atoms with E-state index in [1.807, 2.05) is 53.5 Å². The second-order valence-corrected chi connectivity index (χ2v) is 17.9. The summed E-state index contributed by atoms with van der Waals surface area (Å²) in [7, 11) is 7.71. The molecule has 0 aromatic rings. The predicted octanol–water partition coefficient (Wildman–Crippen LogP) is 4.45. The third-order valence-corrected chi connectivity index (χ3v) is 13.2. The van der Waals surface area contributed by atoms with Gasteiger partial charge in [0.25, 0.3) is 0 Å². The van der Waals surface area contributed by atoms with Crippen LogP contribution in [0.4, 0.5) is 0 Å². The lowest BCUT2D eigenvalue weighted by Crippen LogP contribution is -2.59. The number of likely N-dealkylation sites (N-methyl/N-ethyl adjacent to an activating group) is 1. The van der Waals surface area contributed by atoms with Crippen LogP contribution in [0.1, 0.15) is 109 Å². The molecule has 3 fully saturated rings. The van der Waals surface area contributed by atoms with E-state index in [0.717, 1.165) is 6.42 Å². The molecule has 0 aliphatic carbocycles. The summed E-state index contributed by atoms with van der Waals surface area (Å²) < 4.78 is 38.9. The van der Waals surface area contributed by atoms with Crippen molar-refractivity contribution >= 4 is 5.97 Å². The first kappa shape index (κ1) is 45.5. The highest BCUT2D eigenvalue weighted by atomic mass is 16.7. The van der Waals surface area contributed by atoms with Crippen LogP contribution in [0.25, 0.3) is 0 Å². The number of aliphatic hydroxyl groups excluding tert-OH is 1. The third kappa shape index (κ3) is 10.1. The van der Waals surface area contributed by atoms with Crippen LogP contribution in [0.3, 0.4) is 0 Å². The number of nitrogens with zero attached hydrogens (tertiary/aromatic N) is 2. The minimum Gasteiger partial charge on any atom is -0.459 e. The van der Waals surface area contributed by atoms with E-state index >= 15 is 0 Å². The highest BCUT2D eigenvalue weighted by Crippen LogP contribution is 2.42. The average Bonchev–Trinajstić information content (AvgIpc) is 3.05. The lowest BCUT2D eigenvalue weighted by molar-refractivity contribution is -0.306. The van der Waals surface area contributed by atoms with Gasteiger partial charge in [-0.25, -0.2) is 0 Å². The first-order chi connectivity index (χ1) is 23.9. The van der Waals surface area contributed by atoms with Gasteiger partial charge in [-0.3, -0.25) is 4.79 Å². The van der Waals surface area contributed by atoms with Crippen LogP contribution < -0.4 is 0 Å². The summed E-state index contributed by atoms with van der Waals surface area (Å²) in [5.74, 6) is -2.03. The SMILES string of the molecule is CC[C@H]1OC(=O)[C@H](C)[C@@H](O[C@H]2C[C@@](C)(OC)[C@@H](C)[C@H](C)O2)[C@H](C)[C@@H](O[C@@H]2O[C@H](C)C[C@H](N(C)C)C2C)[C@](C)(O)C[C@@H](C)CN(C)[C@H](C)[C@@H](O)[C@]1(C)O. The first-order valence-electron chi connectivity index (χ1n) is 19.8. The number of carbonyl (C=O) groups is 1. The molecule has 0 aromatic heterocycles.